The number of nitrogens with one attached hydrogen (secondary N) is 1. The molecule has 6 nitrogen and oxygen atoms in total. The maximum absolute atomic E-state index is 13.2. The molecule has 2 aromatic heterocycles. The van der Waals surface area contributed by atoms with Crippen LogP contribution >= 0.6 is 11.6 Å². The molecule has 0 aliphatic rings. The molecule has 166 valence electrons. The molecule has 0 saturated heterocycles. The van der Waals surface area contributed by atoms with Crippen molar-refractivity contribution in [2.75, 3.05) is 19.6 Å². The van der Waals surface area contributed by atoms with Crippen molar-refractivity contribution in [1.82, 2.24) is 24.6 Å². The number of hydrogen-bond donors (Lipinski definition) is 1. The second-order valence-corrected chi connectivity index (χ2v) is 8.23. The number of aromatic nitrogens is 3. The van der Waals surface area contributed by atoms with Gasteiger partial charge in [0.25, 0.3) is 5.91 Å². The number of nitrogens with zero attached hydrogens (tertiary/aromatic N) is 4. The number of aryl methyl sites for hydroxylation is 1. The van der Waals surface area contributed by atoms with Crippen molar-refractivity contribution in [2.45, 2.75) is 39.7 Å². The Kier molecular flexibility index (Phi) is 7.93. The van der Waals surface area contributed by atoms with Crippen molar-refractivity contribution in [3.05, 3.63) is 59.4 Å². The normalized spacial score (nSPS) is 12.3. The van der Waals surface area contributed by atoms with Gasteiger partial charge >= 0.3 is 0 Å². The molecule has 3 aromatic rings. The Bertz CT molecular complexity index is 1010. The Hall–Kier alpha value is -2.57. The SMILES string of the molecule is CCN(CC)CCCC(C)NC(=O)c1cc(-c2cccn2C)nn1-c1ccccc1Cl. The standard InChI is InChI=1S/C24H32ClN5O/c1-5-29(6-2)16-9-11-18(3)26-24(31)23-17-20(22-14-10-15-28(22)4)27-30(23)21-13-8-7-12-19(21)25/h7-8,10,12-15,17-18H,5-6,9,11,16H2,1-4H3,(H,26,31). The zero-order chi connectivity index (χ0) is 22.4. The predicted octanol–water partition coefficient (Wildman–Crippen LogP) is 4.77. The van der Waals surface area contributed by atoms with Gasteiger partial charge in [0.15, 0.2) is 0 Å². The number of para-hydroxylation sites is 1. The number of carbonyl (C=O) groups is 1. The highest BCUT2D eigenvalue weighted by atomic mass is 35.5. The summed E-state index contributed by atoms with van der Waals surface area (Å²) < 4.78 is 3.62. The van der Waals surface area contributed by atoms with E-state index in [1.807, 2.05) is 54.2 Å². The van der Waals surface area contributed by atoms with Gasteiger partial charge in [-0.1, -0.05) is 37.6 Å². The molecule has 0 bridgehead atoms. The topological polar surface area (TPSA) is 55.1 Å². The fraction of sp³-hybridized carbons (Fsp3) is 0.417. The Morgan fingerprint density at radius 1 is 1.19 bits per heavy atom. The van der Waals surface area contributed by atoms with E-state index in [9.17, 15) is 4.79 Å². The summed E-state index contributed by atoms with van der Waals surface area (Å²) in [6, 6.07) is 13.3. The van der Waals surface area contributed by atoms with Gasteiger partial charge in [-0.3, -0.25) is 4.79 Å². The van der Waals surface area contributed by atoms with Crippen LogP contribution in [0, 0.1) is 0 Å². The molecule has 31 heavy (non-hydrogen) atoms. The Morgan fingerprint density at radius 3 is 2.58 bits per heavy atom. The summed E-state index contributed by atoms with van der Waals surface area (Å²) >= 11 is 6.43. The fourth-order valence-corrected chi connectivity index (χ4v) is 3.95. The van der Waals surface area contributed by atoms with Crippen molar-refractivity contribution in [3.8, 4) is 17.1 Å². The maximum Gasteiger partial charge on any atom is 0.270 e. The molecule has 2 heterocycles. The van der Waals surface area contributed by atoms with Crippen LogP contribution in [0.2, 0.25) is 5.02 Å². The average Bonchev–Trinajstić information content (AvgIpc) is 3.37. The van der Waals surface area contributed by atoms with E-state index in [1.165, 1.54) is 0 Å². The Balaban J connectivity index is 1.82. The molecule has 0 saturated carbocycles. The van der Waals surface area contributed by atoms with Gasteiger partial charge in [0.2, 0.25) is 0 Å². The molecule has 0 spiro atoms. The van der Waals surface area contributed by atoms with Crippen LogP contribution in [0.1, 0.15) is 44.1 Å². The summed E-state index contributed by atoms with van der Waals surface area (Å²) in [7, 11) is 1.96. The minimum absolute atomic E-state index is 0.0659. The molecule has 0 fully saturated rings. The minimum Gasteiger partial charge on any atom is -0.349 e. The van der Waals surface area contributed by atoms with E-state index in [0.717, 1.165) is 43.9 Å². The molecule has 0 radical (unpaired) electrons. The predicted molar refractivity (Wildman–Crippen MR) is 127 cm³/mol. The number of halogens is 1. The zero-order valence-electron chi connectivity index (χ0n) is 18.8. The van der Waals surface area contributed by atoms with Crippen molar-refractivity contribution >= 4 is 17.5 Å². The van der Waals surface area contributed by atoms with E-state index in [0.29, 0.717) is 16.4 Å². The zero-order valence-corrected chi connectivity index (χ0v) is 19.6. The molecule has 1 aromatic carbocycles. The van der Waals surface area contributed by atoms with Crippen LogP contribution in [0.4, 0.5) is 0 Å². The average molecular weight is 442 g/mol. The second kappa shape index (κ2) is 10.6. The highest BCUT2D eigenvalue weighted by molar-refractivity contribution is 6.32. The number of amides is 1. The third-order valence-electron chi connectivity index (χ3n) is 5.61. The lowest BCUT2D eigenvalue weighted by atomic mass is 10.1. The first-order valence-electron chi connectivity index (χ1n) is 10.9. The first-order chi connectivity index (χ1) is 14.9. The number of rotatable bonds is 10. The van der Waals surface area contributed by atoms with E-state index in [1.54, 1.807) is 10.7 Å². The van der Waals surface area contributed by atoms with Gasteiger partial charge in [-0.25, -0.2) is 4.68 Å². The molecule has 1 N–H and O–H groups in total. The van der Waals surface area contributed by atoms with E-state index in [4.69, 9.17) is 16.7 Å². The van der Waals surface area contributed by atoms with Gasteiger partial charge < -0.3 is 14.8 Å². The van der Waals surface area contributed by atoms with E-state index >= 15 is 0 Å². The lowest BCUT2D eigenvalue weighted by molar-refractivity contribution is 0.0929. The van der Waals surface area contributed by atoms with Crippen molar-refractivity contribution < 1.29 is 4.79 Å². The monoisotopic (exact) mass is 441 g/mol. The smallest absolute Gasteiger partial charge is 0.270 e. The molecule has 1 atom stereocenters. The summed E-state index contributed by atoms with van der Waals surface area (Å²) in [5.41, 5.74) is 2.82. The summed E-state index contributed by atoms with van der Waals surface area (Å²) in [4.78, 5) is 15.6. The van der Waals surface area contributed by atoms with Gasteiger partial charge in [0.1, 0.15) is 11.4 Å². The van der Waals surface area contributed by atoms with E-state index in [-0.39, 0.29) is 11.9 Å². The highest BCUT2D eigenvalue weighted by Crippen LogP contribution is 2.25. The van der Waals surface area contributed by atoms with Gasteiger partial charge in [0, 0.05) is 19.3 Å². The van der Waals surface area contributed by atoms with Crippen LogP contribution in [0.15, 0.2) is 48.7 Å². The van der Waals surface area contributed by atoms with Crippen molar-refractivity contribution in [2.24, 2.45) is 7.05 Å². The Morgan fingerprint density at radius 2 is 1.94 bits per heavy atom. The first-order valence-corrected chi connectivity index (χ1v) is 11.3. The van der Waals surface area contributed by atoms with Crippen LogP contribution < -0.4 is 5.32 Å². The third-order valence-corrected chi connectivity index (χ3v) is 5.93. The van der Waals surface area contributed by atoms with Crippen LogP contribution in [0.25, 0.3) is 17.1 Å². The summed E-state index contributed by atoms with van der Waals surface area (Å²) in [5.74, 6) is -0.150. The van der Waals surface area contributed by atoms with E-state index < -0.39 is 0 Å². The molecule has 0 aliphatic heterocycles. The van der Waals surface area contributed by atoms with Gasteiger partial charge in [0.05, 0.1) is 16.4 Å². The Labute approximate surface area is 189 Å². The summed E-state index contributed by atoms with van der Waals surface area (Å²) in [6.45, 7) is 9.55. The lowest BCUT2D eigenvalue weighted by Gasteiger charge is -2.20. The van der Waals surface area contributed by atoms with Crippen LogP contribution in [-0.4, -0.2) is 50.8 Å². The molecular formula is C24H32ClN5O. The van der Waals surface area contributed by atoms with Gasteiger partial charge in [-0.05, 0) is 69.7 Å². The van der Waals surface area contributed by atoms with Crippen molar-refractivity contribution in [1.29, 1.82) is 0 Å². The number of carbonyl (C=O) groups excluding carboxylic acids is 1. The maximum atomic E-state index is 13.2. The highest BCUT2D eigenvalue weighted by Gasteiger charge is 2.21. The van der Waals surface area contributed by atoms with Crippen LogP contribution in [-0.2, 0) is 7.05 Å². The lowest BCUT2D eigenvalue weighted by Crippen LogP contribution is -2.34. The molecule has 1 amide bonds. The van der Waals surface area contributed by atoms with Gasteiger partial charge in [-0.15, -0.1) is 0 Å². The molecule has 0 aliphatic carbocycles. The van der Waals surface area contributed by atoms with Gasteiger partial charge in [-0.2, -0.15) is 5.10 Å². The molecule has 3 rings (SSSR count). The van der Waals surface area contributed by atoms with Crippen LogP contribution in [0.3, 0.4) is 0 Å². The van der Waals surface area contributed by atoms with E-state index in [2.05, 4.69) is 31.0 Å². The largest absolute Gasteiger partial charge is 0.349 e. The second-order valence-electron chi connectivity index (χ2n) is 7.83. The third kappa shape index (κ3) is 5.57. The summed E-state index contributed by atoms with van der Waals surface area (Å²) in [5, 5.41) is 8.41. The quantitative estimate of drug-likeness (QED) is 0.493. The number of hydrogen-bond acceptors (Lipinski definition) is 3. The summed E-state index contributed by atoms with van der Waals surface area (Å²) in [6.07, 6.45) is 3.93. The fourth-order valence-electron chi connectivity index (χ4n) is 3.73. The molecular weight excluding hydrogens is 410 g/mol. The molecule has 7 heteroatoms. The minimum atomic E-state index is -0.150. The van der Waals surface area contributed by atoms with Crippen molar-refractivity contribution in [3.63, 3.8) is 0 Å². The van der Waals surface area contributed by atoms with Crippen LogP contribution in [0.5, 0.6) is 0 Å². The number of benzene rings is 1. The first kappa shape index (κ1) is 23.1. The molecule has 1 unspecified atom stereocenters.